The Morgan fingerprint density at radius 1 is 1.00 bits per heavy atom. The van der Waals surface area contributed by atoms with Crippen molar-refractivity contribution in [3.8, 4) is 5.75 Å². The average Bonchev–Trinajstić information content (AvgIpc) is 2.72. The van der Waals surface area contributed by atoms with Crippen LogP contribution in [0.15, 0.2) is 54.6 Å². The molecule has 0 aromatic heterocycles. The highest BCUT2D eigenvalue weighted by molar-refractivity contribution is 5.36. The minimum Gasteiger partial charge on any atom is -0.462 e. The summed E-state index contributed by atoms with van der Waals surface area (Å²) in [6, 6.07) is 14.6. The molecule has 2 heterocycles. The largest absolute Gasteiger partial charge is 0.462 e. The van der Waals surface area contributed by atoms with Crippen molar-refractivity contribution >= 4 is 5.69 Å². The standard InChI is InChI=1S/C19H19NO8/c21-15-16(22)19(26-13-8-6-12(7-9-13)20(23)24)27-14-10-25-18(28-17(14)15)11-4-2-1-3-5-11/h1-9,14-19,21-22H,10H2/t14-,15-,16+,17-,18-,19+/m1/s1. The maximum atomic E-state index is 10.7. The van der Waals surface area contributed by atoms with Gasteiger partial charge in [-0.3, -0.25) is 10.1 Å². The van der Waals surface area contributed by atoms with E-state index in [4.69, 9.17) is 18.9 Å². The fourth-order valence-electron chi connectivity index (χ4n) is 3.23. The third-order valence-corrected chi connectivity index (χ3v) is 4.70. The highest BCUT2D eigenvalue weighted by atomic mass is 16.8. The first-order chi connectivity index (χ1) is 13.5. The van der Waals surface area contributed by atoms with E-state index >= 15 is 0 Å². The summed E-state index contributed by atoms with van der Waals surface area (Å²) in [7, 11) is 0. The molecule has 28 heavy (non-hydrogen) atoms. The molecule has 4 rings (SSSR count). The lowest BCUT2D eigenvalue weighted by atomic mass is 9.98. The van der Waals surface area contributed by atoms with Gasteiger partial charge in [0.2, 0.25) is 6.29 Å². The van der Waals surface area contributed by atoms with Gasteiger partial charge < -0.3 is 29.2 Å². The average molecular weight is 389 g/mol. The van der Waals surface area contributed by atoms with Gasteiger partial charge in [-0.05, 0) is 12.1 Å². The number of rotatable bonds is 4. The number of aliphatic hydroxyl groups is 2. The van der Waals surface area contributed by atoms with Gasteiger partial charge in [0.05, 0.1) is 11.5 Å². The molecule has 6 atom stereocenters. The number of nitro groups is 1. The van der Waals surface area contributed by atoms with E-state index in [-0.39, 0.29) is 18.0 Å². The number of nitro benzene ring substituents is 1. The van der Waals surface area contributed by atoms with E-state index in [2.05, 4.69) is 0 Å². The van der Waals surface area contributed by atoms with Gasteiger partial charge in [0.25, 0.3) is 5.69 Å². The fraction of sp³-hybridized carbons (Fsp3) is 0.368. The van der Waals surface area contributed by atoms with Gasteiger partial charge in [-0.15, -0.1) is 0 Å². The molecule has 148 valence electrons. The molecule has 2 saturated heterocycles. The Balaban J connectivity index is 1.43. The van der Waals surface area contributed by atoms with Crippen molar-refractivity contribution in [3.05, 3.63) is 70.3 Å². The summed E-state index contributed by atoms with van der Waals surface area (Å²) in [6.45, 7) is 0.147. The SMILES string of the molecule is O=[N+]([O-])c1ccc(O[C@H]2O[C@@H]3CO[C@@H](c4ccccc4)O[C@H]3[C@H](O)[C@@H]2O)cc1. The van der Waals surface area contributed by atoms with Crippen molar-refractivity contribution < 1.29 is 34.1 Å². The topological polar surface area (TPSA) is 121 Å². The van der Waals surface area contributed by atoms with Crippen molar-refractivity contribution in [1.82, 2.24) is 0 Å². The Morgan fingerprint density at radius 2 is 1.71 bits per heavy atom. The third-order valence-electron chi connectivity index (χ3n) is 4.70. The summed E-state index contributed by atoms with van der Waals surface area (Å²) in [5.41, 5.74) is 0.713. The number of fused-ring (bicyclic) bond motifs is 1. The smallest absolute Gasteiger partial charge is 0.269 e. The van der Waals surface area contributed by atoms with Crippen LogP contribution in [0, 0.1) is 10.1 Å². The quantitative estimate of drug-likeness (QED) is 0.597. The van der Waals surface area contributed by atoms with Gasteiger partial charge in [0, 0.05) is 17.7 Å². The Bertz CT molecular complexity index is 812. The number of nitrogens with zero attached hydrogens (tertiary/aromatic N) is 1. The van der Waals surface area contributed by atoms with Crippen LogP contribution in [0.25, 0.3) is 0 Å². The normalized spacial score (nSPS) is 32.4. The Kier molecular flexibility index (Phi) is 5.25. The minimum absolute atomic E-state index is 0.0846. The van der Waals surface area contributed by atoms with Gasteiger partial charge in [-0.25, -0.2) is 0 Å². The summed E-state index contributed by atoms with van der Waals surface area (Å²) >= 11 is 0. The lowest BCUT2D eigenvalue weighted by Gasteiger charge is -2.46. The molecule has 0 bridgehead atoms. The summed E-state index contributed by atoms with van der Waals surface area (Å²) in [4.78, 5) is 10.2. The molecule has 0 aliphatic carbocycles. The molecule has 0 unspecified atom stereocenters. The number of hydrogen-bond donors (Lipinski definition) is 2. The highest BCUT2D eigenvalue weighted by Gasteiger charge is 2.49. The van der Waals surface area contributed by atoms with Crippen LogP contribution in [-0.2, 0) is 14.2 Å². The second-order valence-electron chi connectivity index (χ2n) is 6.57. The lowest BCUT2D eigenvalue weighted by Crippen LogP contribution is -2.62. The predicted molar refractivity (Wildman–Crippen MR) is 94.4 cm³/mol. The zero-order valence-corrected chi connectivity index (χ0v) is 14.7. The first-order valence-corrected chi connectivity index (χ1v) is 8.77. The minimum atomic E-state index is -1.37. The molecular weight excluding hydrogens is 370 g/mol. The van der Waals surface area contributed by atoms with Crippen molar-refractivity contribution in [1.29, 1.82) is 0 Å². The molecule has 0 radical (unpaired) electrons. The monoisotopic (exact) mass is 389 g/mol. The van der Waals surface area contributed by atoms with Crippen LogP contribution in [-0.4, -0.2) is 52.4 Å². The van der Waals surface area contributed by atoms with E-state index in [0.717, 1.165) is 5.56 Å². The van der Waals surface area contributed by atoms with E-state index in [1.807, 2.05) is 30.3 Å². The van der Waals surface area contributed by atoms with Crippen LogP contribution >= 0.6 is 0 Å². The van der Waals surface area contributed by atoms with Gasteiger partial charge in [-0.2, -0.15) is 0 Å². The number of aliphatic hydroxyl groups excluding tert-OH is 2. The molecular formula is C19H19NO8. The number of ether oxygens (including phenoxy) is 4. The fourth-order valence-corrected chi connectivity index (χ4v) is 3.23. The lowest BCUT2D eigenvalue weighted by molar-refractivity contribution is -0.384. The number of benzene rings is 2. The molecule has 2 aliphatic rings. The number of hydrogen-bond acceptors (Lipinski definition) is 8. The maximum Gasteiger partial charge on any atom is 0.269 e. The van der Waals surface area contributed by atoms with Crippen LogP contribution in [0.2, 0.25) is 0 Å². The van der Waals surface area contributed by atoms with Crippen LogP contribution in [0.4, 0.5) is 5.69 Å². The second kappa shape index (κ2) is 7.82. The van der Waals surface area contributed by atoms with E-state index in [1.54, 1.807) is 0 Å². The predicted octanol–water partition coefficient (Wildman–Crippen LogP) is 1.53. The number of non-ortho nitro benzene ring substituents is 1. The van der Waals surface area contributed by atoms with Crippen molar-refractivity contribution in [3.63, 3.8) is 0 Å². The zero-order chi connectivity index (χ0) is 19.7. The highest BCUT2D eigenvalue weighted by Crippen LogP contribution is 2.34. The first-order valence-electron chi connectivity index (χ1n) is 8.77. The van der Waals surface area contributed by atoms with Crippen LogP contribution in [0.3, 0.4) is 0 Å². The van der Waals surface area contributed by atoms with Crippen LogP contribution in [0.5, 0.6) is 5.75 Å². The summed E-state index contributed by atoms with van der Waals surface area (Å²) in [6.07, 6.45) is -5.88. The van der Waals surface area contributed by atoms with Crippen LogP contribution < -0.4 is 4.74 Å². The van der Waals surface area contributed by atoms with Crippen molar-refractivity contribution in [2.75, 3.05) is 6.61 Å². The molecule has 0 amide bonds. The Hall–Kier alpha value is -2.56. The van der Waals surface area contributed by atoms with Gasteiger partial charge in [0.15, 0.2) is 6.29 Å². The van der Waals surface area contributed by atoms with Gasteiger partial charge >= 0.3 is 0 Å². The molecule has 2 aromatic rings. The van der Waals surface area contributed by atoms with Crippen molar-refractivity contribution in [2.24, 2.45) is 0 Å². The van der Waals surface area contributed by atoms with Crippen molar-refractivity contribution in [2.45, 2.75) is 37.0 Å². The van der Waals surface area contributed by atoms with E-state index in [9.17, 15) is 20.3 Å². The molecule has 0 saturated carbocycles. The Morgan fingerprint density at radius 3 is 2.39 bits per heavy atom. The zero-order valence-electron chi connectivity index (χ0n) is 14.7. The molecule has 0 spiro atoms. The molecule has 2 aliphatic heterocycles. The summed E-state index contributed by atoms with van der Waals surface area (Å²) in [5, 5.41) is 31.7. The molecule has 2 N–H and O–H groups in total. The second-order valence-corrected chi connectivity index (χ2v) is 6.57. The van der Waals surface area contributed by atoms with Gasteiger partial charge in [0.1, 0.15) is 30.2 Å². The first kappa shape index (κ1) is 18.8. The van der Waals surface area contributed by atoms with E-state index in [0.29, 0.717) is 0 Å². The third kappa shape index (κ3) is 3.71. The maximum absolute atomic E-state index is 10.7. The molecule has 9 nitrogen and oxygen atoms in total. The summed E-state index contributed by atoms with van der Waals surface area (Å²) < 4.78 is 22.8. The van der Waals surface area contributed by atoms with Gasteiger partial charge in [-0.1, -0.05) is 30.3 Å². The Labute approximate surface area is 160 Å². The van der Waals surface area contributed by atoms with E-state index in [1.165, 1.54) is 24.3 Å². The summed E-state index contributed by atoms with van der Waals surface area (Å²) in [5.74, 6) is 0.264. The van der Waals surface area contributed by atoms with Crippen LogP contribution in [0.1, 0.15) is 11.9 Å². The molecule has 2 fully saturated rings. The van der Waals surface area contributed by atoms with E-state index < -0.39 is 41.9 Å². The molecule has 2 aromatic carbocycles. The molecule has 9 heteroatoms.